The average molecular weight is 1120 g/mol. The molecule has 4 aliphatic rings. The van der Waals surface area contributed by atoms with E-state index in [9.17, 15) is 33.1 Å². The van der Waals surface area contributed by atoms with Gasteiger partial charge in [-0.1, -0.05) is 51.5 Å². The van der Waals surface area contributed by atoms with Gasteiger partial charge in [-0.3, -0.25) is 19.2 Å². The van der Waals surface area contributed by atoms with Crippen molar-refractivity contribution in [2.75, 3.05) is 89.4 Å². The van der Waals surface area contributed by atoms with Gasteiger partial charge in [0.15, 0.2) is 11.5 Å². The molecule has 18 nitrogen and oxygen atoms in total. The predicted octanol–water partition coefficient (Wildman–Crippen LogP) is 7.31. The molecule has 3 atom stereocenters. The number of ether oxygens (including phenoxy) is 2. The molecule has 0 unspecified atom stereocenters. The number of rotatable bonds is 25. The number of piperidine rings is 2. The summed E-state index contributed by atoms with van der Waals surface area (Å²) in [6.45, 7) is 14.9. The Hall–Kier alpha value is -5.77. The molecule has 4 aliphatic heterocycles. The molecule has 0 radical (unpaired) electrons. The van der Waals surface area contributed by atoms with Crippen LogP contribution in [0.25, 0.3) is 21.3 Å². The van der Waals surface area contributed by atoms with Crippen LogP contribution in [0.5, 0.6) is 11.5 Å². The van der Waals surface area contributed by atoms with Crippen molar-refractivity contribution in [3.05, 3.63) is 53.2 Å². The summed E-state index contributed by atoms with van der Waals surface area (Å²) in [5.41, 5.74) is 4.72. The van der Waals surface area contributed by atoms with E-state index in [2.05, 4.69) is 36.1 Å². The van der Waals surface area contributed by atoms with Crippen molar-refractivity contribution in [2.24, 2.45) is 5.41 Å². The molecule has 4 saturated heterocycles. The monoisotopic (exact) mass is 1120 g/mol. The van der Waals surface area contributed by atoms with Gasteiger partial charge in [0.1, 0.15) is 17.9 Å². The van der Waals surface area contributed by atoms with Gasteiger partial charge in [0, 0.05) is 102 Å². The number of thiazole rings is 1. The third kappa shape index (κ3) is 16.7. The Morgan fingerprint density at radius 1 is 0.861 bits per heavy atom. The fourth-order valence-corrected chi connectivity index (χ4v) is 11.8. The molecule has 21 heteroatoms. The number of nitrogens with zero attached hydrogens (tertiary/aromatic N) is 7. The predicted molar refractivity (Wildman–Crippen MR) is 304 cm³/mol. The van der Waals surface area contributed by atoms with Crippen LogP contribution in [0.4, 0.5) is 20.5 Å². The summed E-state index contributed by atoms with van der Waals surface area (Å²) in [6, 6.07) is 10.0. The number of carbonyl (C=O) groups is 4. The number of aliphatic hydroxyl groups excluding tert-OH is 1. The van der Waals surface area contributed by atoms with Crippen LogP contribution in [0.3, 0.4) is 0 Å². The van der Waals surface area contributed by atoms with E-state index in [4.69, 9.17) is 19.4 Å². The zero-order valence-electron chi connectivity index (χ0n) is 46.9. The fraction of sp³-hybridized carbons (Fsp3) is 0.638. The average Bonchev–Trinajstić information content (AvgIpc) is 4.30. The van der Waals surface area contributed by atoms with Gasteiger partial charge in [-0.2, -0.15) is 4.98 Å². The lowest BCUT2D eigenvalue weighted by Gasteiger charge is -2.35. The number of hydrogen-bond acceptors (Lipinski definition) is 15. The number of carbonyl (C=O) groups excluding carboxylic acids is 4. The van der Waals surface area contributed by atoms with Crippen molar-refractivity contribution in [1.29, 1.82) is 0 Å². The second kappa shape index (κ2) is 27.6. The van der Waals surface area contributed by atoms with Crippen LogP contribution in [0.2, 0.25) is 0 Å². The first kappa shape index (κ1) is 59.4. The van der Waals surface area contributed by atoms with Crippen molar-refractivity contribution >= 4 is 57.6 Å². The molecule has 5 N–H and O–H groups in total. The number of anilines is 2. The maximum Gasteiger partial charge on any atom is 0.251 e. The molecule has 0 aliphatic carbocycles. The van der Waals surface area contributed by atoms with Gasteiger partial charge in [0.2, 0.25) is 29.6 Å². The van der Waals surface area contributed by atoms with Crippen LogP contribution in [-0.4, -0.2) is 168 Å². The number of amides is 4. The van der Waals surface area contributed by atoms with Crippen molar-refractivity contribution in [2.45, 2.75) is 154 Å². The maximum absolute atomic E-state index is 14.2. The van der Waals surface area contributed by atoms with E-state index in [1.807, 2.05) is 74.5 Å². The largest absolute Gasteiger partial charge is 0.493 e. The van der Waals surface area contributed by atoms with E-state index >= 15 is 0 Å². The third-order valence-corrected chi connectivity index (χ3v) is 16.7. The fourth-order valence-electron chi connectivity index (χ4n) is 11.0. The first-order chi connectivity index (χ1) is 37.9. The number of alkyl halides is 2. The highest BCUT2D eigenvalue weighted by atomic mass is 32.1. The van der Waals surface area contributed by atoms with Crippen LogP contribution < -0.4 is 35.6 Å². The second-order valence-corrected chi connectivity index (χ2v) is 23.8. The van der Waals surface area contributed by atoms with Crippen molar-refractivity contribution in [3.8, 4) is 21.9 Å². The lowest BCUT2D eigenvalue weighted by molar-refractivity contribution is -0.144. The summed E-state index contributed by atoms with van der Waals surface area (Å²) in [5.74, 6) is -1.48. The molecule has 6 heterocycles. The van der Waals surface area contributed by atoms with Gasteiger partial charge in [-0.25, -0.2) is 18.7 Å². The summed E-state index contributed by atoms with van der Waals surface area (Å²) in [7, 11) is 1.62. The molecular formula is C58H83F2N11O7S. The van der Waals surface area contributed by atoms with Gasteiger partial charge in [-0.05, 0) is 101 Å². The lowest BCUT2D eigenvalue weighted by Crippen LogP contribution is -2.57. The quantitative estimate of drug-likeness (QED) is 0.0413. The number of nitrogens with one attached hydrogen (secondary N) is 4. The summed E-state index contributed by atoms with van der Waals surface area (Å²) in [6.07, 6.45) is 7.18. The smallest absolute Gasteiger partial charge is 0.251 e. The van der Waals surface area contributed by atoms with Gasteiger partial charge in [-0.15, -0.1) is 11.3 Å². The molecule has 4 amide bonds. The Labute approximate surface area is 468 Å². The number of halogens is 2. The molecule has 432 valence electrons. The molecule has 2 aromatic heterocycles. The summed E-state index contributed by atoms with van der Waals surface area (Å²) < 4.78 is 40.4. The minimum absolute atomic E-state index is 0.000619. The van der Waals surface area contributed by atoms with Crippen molar-refractivity contribution < 1.29 is 42.5 Å². The van der Waals surface area contributed by atoms with E-state index in [0.717, 1.165) is 92.0 Å². The summed E-state index contributed by atoms with van der Waals surface area (Å²) >= 11 is 1.57. The Balaban J connectivity index is 0.728. The number of methoxy groups -OCH3 is 1. The highest BCUT2D eigenvalue weighted by molar-refractivity contribution is 7.13. The highest BCUT2D eigenvalue weighted by Crippen LogP contribution is 2.38. The third-order valence-electron chi connectivity index (χ3n) is 15.7. The van der Waals surface area contributed by atoms with Gasteiger partial charge in [0.25, 0.3) is 5.92 Å². The van der Waals surface area contributed by atoms with Gasteiger partial charge >= 0.3 is 0 Å². The van der Waals surface area contributed by atoms with Gasteiger partial charge < -0.3 is 55.4 Å². The van der Waals surface area contributed by atoms with Crippen LogP contribution in [0, 0.1) is 12.3 Å². The number of benzene rings is 2. The van der Waals surface area contributed by atoms with Crippen LogP contribution in [0.15, 0.2) is 41.9 Å². The standard InChI is InChI=1S/C58H83F2N11O7S/c1-39-51(79-38-63-39)41-17-15-40(16-18-41)36-62-54(75)46-33-43(72)37-71(46)55(76)52(57(2,3)4)66-50(74)13-7-6-8-23-61-49(73)14-11-26-69-28-19-42(20-29-69)64-53-44-34-47(77-5)48(78-32-12-27-68-24-9-10-25-68)35-45(44)65-56(67-53)70-30-21-58(59,60)22-31-70/h15-18,34-35,38,42-43,46,52,72H,6-14,19-33,36-37H2,1-5H3,(H,61,73)(H,62,75)(H,66,74)(H,64,65,67)/t43-,46+,52-/m1/s1. The number of fused-ring (bicyclic) bond motifs is 1. The Bertz CT molecular complexity index is 2670. The first-order valence-electron chi connectivity index (χ1n) is 28.6. The molecule has 4 aromatic rings. The minimum Gasteiger partial charge on any atom is -0.493 e. The van der Waals surface area contributed by atoms with Crippen LogP contribution in [0.1, 0.15) is 122 Å². The second-order valence-electron chi connectivity index (χ2n) is 23.0. The Morgan fingerprint density at radius 2 is 1.57 bits per heavy atom. The zero-order valence-corrected chi connectivity index (χ0v) is 47.7. The molecule has 4 fully saturated rings. The molecule has 79 heavy (non-hydrogen) atoms. The van der Waals surface area contributed by atoms with Crippen molar-refractivity contribution in [3.63, 3.8) is 0 Å². The number of β-amino-alcohol motifs (C(OH)–C–C–N with tert-alkyl or cyclic N) is 1. The number of aromatic nitrogens is 3. The molecule has 0 bridgehead atoms. The van der Waals surface area contributed by atoms with E-state index in [1.165, 1.54) is 17.7 Å². The molecule has 8 rings (SSSR count). The number of aliphatic hydroxyl groups is 1. The lowest BCUT2D eigenvalue weighted by atomic mass is 9.85. The zero-order chi connectivity index (χ0) is 56.1. The Morgan fingerprint density at radius 3 is 2.27 bits per heavy atom. The molecule has 2 aromatic carbocycles. The van der Waals surface area contributed by atoms with Gasteiger partial charge in [0.05, 0.1) is 41.4 Å². The first-order valence-corrected chi connectivity index (χ1v) is 29.5. The van der Waals surface area contributed by atoms with E-state index in [-0.39, 0.29) is 75.6 Å². The number of unbranched alkanes of at least 4 members (excludes halogenated alkanes) is 2. The topological polar surface area (TPSA) is 207 Å². The van der Waals surface area contributed by atoms with E-state index in [1.54, 1.807) is 18.4 Å². The molecular weight excluding hydrogens is 1030 g/mol. The normalized spacial score (nSPS) is 19.6. The molecule has 0 saturated carbocycles. The number of hydrogen-bond donors (Lipinski definition) is 5. The SMILES string of the molecule is COc1cc2c(NC3CCN(CCCC(=O)NCCCCCC(=O)N[C@H](C(=O)N4C[C@H](O)C[C@H]4C(=O)NCc4ccc(-c5scnc5C)cc4)C(C)(C)C)CC3)nc(N3CCC(F)(F)CC3)nc2cc1OCCCN1CCCC1. The maximum atomic E-state index is 14.2. The highest BCUT2D eigenvalue weighted by Gasteiger charge is 2.44. The van der Waals surface area contributed by atoms with E-state index in [0.29, 0.717) is 67.6 Å². The summed E-state index contributed by atoms with van der Waals surface area (Å²) in [5, 5.41) is 24.0. The minimum atomic E-state index is -2.69. The van der Waals surface area contributed by atoms with Crippen molar-refractivity contribution in [1.82, 2.24) is 45.6 Å². The number of aryl methyl sites for hydroxylation is 1. The van der Waals surface area contributed by atoms with Crippen LogP contribution in [-0.2, 0) is 25.7 Å². The van der Waals surface area contributed by atoms with E-state index < -0.39 is 35.4 Å². The Kier molecular flexibility index (Phi) is 20.7. The summed E-state index contributed by atoms with van der Waals surface area (Å²) in [4.78, 5) is 77.0. The number of likely N-dealkylation sites (tertiary alicyclic amines) is 3. The van der Waals surface area contributed by atoms with Crippen LogP contribution >= 0.6 is 11.3 Å². The molecule has 0 spiro atoms.